The van der Waals surface area contributed by atoms with Crippen LogP contribution in [-0.4, -0.2) is 5.75 Å². The van der Waals surface area contributed by atoms with E-state index in [1.165, 1.54) is 18.0 Å². The van der Waals surface area contributed by atoms with Gasteiger partial charge in [-0.3, -0.25) is 5.73 Å². The van der Waals surface area contributed by atoms with Crippen molar-refractivity contribution in [2.45, 2.75) is 5.03 Å². The molecule has 0 aromatic carbocycles. The van der Waals surface area contributed by atoms with Crippen molar-refractivity contribution in [3.05, 3.63) is 42.2 Å². The minimum absolute atomic E-state index is 0.208. The Bertz CT molecular complexity index is 723. The zero-order valence-corrected chi connectivity index (χ0v) is 11.3. The summed E-state index contributed by atoms with van der Waals surface area (Å²) in [4.78, 5) is 2.89. The van der Waals surface area contributed by atoms with Gasteiger partial charge in [0, 0.05) is 5.75 Å². The van der Waals surface area contributed by atoms with Crippen LogP contribution in [-0.2, 0) is 0 Å². The molecule has 0 unspecified atom stereocenters. The molecule has 0 aliphatic rings. The summed E-state index contributed by atoms with van der Waals surface area (Å²) >= 11 is 1.39. The van der Waals surface area contributed by atoms with Gasteiger partial charge in [0.15, 0.2) is 10.6 Å². The van der Waals surface area contributed by atoms with Crippen molar-refractivity contribution < 1.29 is 9.40 Å². The third-order valence-corrected chi connectivity index (χ3v) is 3.58. The number of nitrogens with one attached hydrogen (secondary N) is 1. The Kier molecular flexibility index (Phi) is 4.09. The molecule has 0 saturated heterocycles. The molecule has 5 nitrogen and oxygen atoms in total. The summed E-state index contributed by atoms with van der Waals surface area (Å²) in [5.74, 6) is 1.28. The van der Waals surface area contributed by atoms with Crippen LogP contribution < -0.4 is 10.7 Å². The fourth-order valence-corrected chi connectivity index (χ4v) is 2.52. The minimum Gasteiger partial charge on any atom is -0.464 e. The molecule has 20 heavy (non-hydrogen) atoms. The standard InChI is InChI=1S/C14H10N4OS/c1-2-6-20-14-10(8-16)12(11-4-3-5-19-11)9(7-15)13(17)18-14/h2-5H,1,6H2,(H2,17,18)/p+1. The fraction of sp³-hybridized carbons (Fsp3) is 0.0714. The number of thioether (sulfide) groups is 1. The fourth-order valence-electron chi connectivity index (χ4n) is 1.76. The lowest BCUT2D eigenvalue weighted by Crippen LogP contribution is -2.18. The molecule has 3 N–H and O–H groups in total. The molecular weight excluding hydrogens is 272 g/mol. The summed E-state index contributed by atoms with van der Waals surface area (Å²) in [5.41, 5.74) is 6.84. The lowest BCUT2D eigenvalue weighted by molar-refractivity contribution is -0.410. The van der Waals surface area contributed by atoms with Crippen LogP contribution in [0.1, 0.15) is 11.1 Å². The summed E-state index contributed by atoms with van der Waals surface area (Å²) in [6, 6.07) is 7.51. The van der Waals surface area contributed by atoms with Crippen molar-refractivity contribution in [1.29, 1.82) is 10.5 Å². The Labute approximate surface area is 120 Å². The van der Waals surface area contributed by atoms with Crippen molar-refractivity contribution in [3.63, 3.8) is 0 Å². The summed E-state index contributed by atoms with van der Waals surface area (Å²) < 4.78 is 5.32. The highest BCUT2D eigenvalue weighted by Crippen LogP contribution is 2.33. The van der Waals surface area contributed by atoms with Gasteiger partial charge in [-0.1, -0.05) is 17.8 Å². The maximum Gasteiger partial charge on any atom is 0.289 e. The number of nitriles is 2. The second-order valence-electron chi connectivity index (χ2n) is 3.79. The molecule has 0 aliphatic heterocycles. The van der Waals surface area contributed by atoms with Gasteiger partial charge in [-0.25, -0.2) is 4.98 Å². The zero-order valence-electron chi connectivity index (χ0n) is 10.5. The van der Waals surface area contributed by atoms with Gasteiger partial charge in [0.2, 0.25) is 0 Å². The van der Waals surface area contributed by atoms with Gasteiger partial charge < -0.3 is 4.42 Å². The van der Waals surface area contributed by atoms with Crippen molar-refractivity contribution in [2.24, 2.45) is 0 Å². The van der Waals surface area contributed by atoms with E-state index in [4.69, 9.17) is 10.2 Å². The first kappa shape index (κ1) is 13.7. The first-order valence-electron chi connectivity index (χ1n) is 5.69. The topological polar surface area (TPSA) is 101 Å². The van der Waals surface area contributed by atoms with Crippen molar-refractivity contribution in [1.82, 2.24) is 0 Å². The maximum atomic E-state index is 9.41. The largest absolute Gasteiger partial charge is 0.464 e. The number of hydrogen-bond donors (Lipinski definition) is 1. The molecule has 2 aromatic heterocycles. The second kappa shape index (κ2) is 5.96. The van der Waals surface area contributed by atoms with E-state index in [9.17, 15) is 10.5 Å². The van der Waals surface area contributed by atoms with E-state index in [0.29, 0.717) is 27.7 Å². The highest BCUT2D eigenvalue weighted by molar-refractivity contribution is 7.99. The molecule has 0 atom stereocenters. The van der Waals surface area contributed by atoms with Crippen LogP contribution in [0.5, 0.6) is 0 Å². The predicted molar refractivity (Wildman–Crippen MR) is 75.5 cm³/mol. The van der Waals surface area contributed by atoms with Crippen LogP contribution in [0.2, 0.25) is 0 Å². The number of aromatic amines is 1. The molecular formula is C14H11N4OS+. The normalized spacial score (nSPS) is 9.70. The molecule has 0 bridgehead atoms. The highest BCUT2D eigenvalue weighted by atomic mass is 32.2. The van der Waals surface area contributed by atoms with Crippen molar-refractivity contribution in [3.8, 4) is 23.5 Å². The van der Waals surface area contributed by atoms with E-state index in [2.05, 4.69) is 17.6 Å². The monoisotopic (exact) mass is 283 g/mol. The van der Waals surface area contributed by atoms with Gasteiger partial charge in [-0.05, 0) is 12.1 Å². The SMILES string of the molecule is C=CCSc1[nH+]c(N)c(C#N)c(-c2ccco2)c1C#N. The Balaban J connectivity index is 2.75. The molecule has 0 aliphatic carbocycles. The Morgan fingerprint density at radius 2 is 2.15 bits per heavy atom. The summed E-state index contributed by atoms with van der Waals surface area (Å²) in [6.07, 6.45) is 3.21. The van der Waals surface area contributed by atoms with Gasteiger partial charge in [0.05, 0.1) is 11.8 Å². The lowest BCUT2D eigenvalue weighted by atomic mass is 10.0. The summed E-state index contributed by atoms with van der Waals surface area (Å²) in [6.45, 7) is 3.64. The molecule has 2 rings (SSSR count). The van der Waals surface area contributed by atoms with E-state index < -0.39 is 0 Å². The van der Waals surface area contributed by atoms with E-state index in [1.54, 1.807) is 18.2 Å². The van der Waals surface area contributed by atoms with Gasteiger partial charge in [-0.15, -0.1) is 6.58 Å². The smallest absolute Gasteiger partial charge is 0.289 e. The van der Waals surface area contributed by atoms with Crippen LogP contribution in [0.4, 0.5) is 5.82 Å². The van der Waals surface area contributed by atoms with Crippen LogP contribution in [0.25, 0.3) is 11.3 Å². The third-order valence-electron chi connectivity index (χ3n) is 2.58. The molecule has 2 aromatic rings. The van der Waals surface area contributed by atoms with Gasteiger partial charge in [0.1, 0.15) is 23.5 Å². The van der Waals surface area contributed by atoms with Gasteiger partial charge in [0.25, 0.3) is 5.82 Å². The molecule has 6 heteroatoms. The van der Waals surface area contributed by atoms with Crippen molar-refractivity contribution in [2.75, 3.05) is 11.5 Å². The number of nitrogens with zero attached hydrogens (tertiary/aromatic N) is 2. The molecule has 0 amide bonds. The molecule has 0 spiro atoms. The number of rotatable bonds is 4. The second-order valence-corrected chi connectivity index (χ2v) is 4.82. The number of nitrogen functional groups attached to an aromatic ring is 1. The number of H-pyrrole nitrogens is 1. The molecule has 0 saturated carbocycles. The predicted octanol–water partition coefficient (Wildman–Crippen LogP) is 2.36. The van der Waals surface area contributed by atoms with E-state index in [-0.39, 0.29) is 11.4 Å². The van der Waals surface area contributed by atoms with E-state index in [0.717, 1.165) is 0 Å². The molecule has 0 radical (unpaired) electrons. The van der Waals surface area contributed by atoms with Crippen LogP contribution in [0, 0.1) is 22.7 Å². The maximum absolute atomic E-state index is 9.41. The summed E-state index contributed by atoms with van der Waals surface area (Å²) in [5, 5.41) is 19.3. The van der Waals surface area contributed by atoms with Crippen molar-refractivity contribution >= 4 is 17.6 Å². The van der Waals surface area contributed by atoms with Crippen LogP contribution in [0.3, 0.4) is 0 Å². The molecule has 98 valence electrons. The lowest BCUT2D eigenvalue weighted by Gasteiger charge is -2.07. The van der Waals surface area contributed by atoms with Gasteiger partial charge in [-0.2, -0.15) is 10.5 Å². The van der Waals surface area contributed by atoms with Crippen LogP contribution >= 0.6 is 11.8 Å². The third kappa shape index (κ3) is 2.37. The zero-order chi connectivity index (χ0) is 14.5. The molecule has 0 fully saturated rings. The average Bonchev–Trinajstić information content (AvgIpc) is 2.98. The number of nitrogens with two attached hydrogens (primary N) is 1. The Morgan fingerprint density at radius 1 is 1.40 bits per heavy atom. The Hall–Kier alpha value is -2.70. The van der Waals surface area contributed by atoms with Crippen LogP contribution in [0.15, 0.2) is 40.5 Å². The number of pyridine rings is 1. The number of anilines is 1. The minimum atomic E-state index is 0.208. The number of aromatic nitrogens is 1. The number of furan rings is 1. The van der Waals surface area contributed by atoms with E-state index in [1.807, 2.05) is 6.07 Å². The first-order valence-corrected chi connectivity index (χ1v) is 6.68. The number of hydrogen-bond acceptors (Lipinski definition) is 5. The Morgan fingerprint density at radius 3 is 2.70 bits per heavy atom. The average molecular weight is 283 g/mol. The first-order chi connectivity index (χ1) is 9.72. The highest BCUT2D eigenvalue weighted by Gasteiger charge is 2.24. The summed E-state index contributed by atoms with van der Waals surface area (Å²) in [7, 11) is 0. The van der Waals surface area contributed by atoms with Gasteiger partial charge >= 0.3 is 0 Å². The molecule has 2 heterocycles. The quantitative estimate of drug-likeness (QED) is 0.685. The van der Waals surface area contributed by atoms with E-state index >= 15 is 0 Å².